The van der Waals surface area contributed by atoms with Crippen molar-refractivity contribution in [2.45, 2.75) is 6.54 Å². The van der Waals surface area contributed by atoms with Crippen LogP contribution in [0.1, 0.15) is 5.56 Å². The SMILES string of the molecule is O=C(NCc1ccc(F)cc1F)C(=O)N1CCNCC1. The number of hydrogen-bond donors (Lipinski definition) is 2. The van der Waals surface area contributed by atoms with E-state index in [0.717, 1.165) is 12.1 Å². The van der Waals surface area contributed by atoms with Crippen LogP contribution >= 0.6 is 0 Å². The fourth-order valence-electron chi connectivity index (χ4n) is 1.93. The Kier molecular flexibility index (Phi) is 4.62. The van der Waals surface area contributed by atoms with Crippen molar-refractivity contribution in [1.29, 1.82) is 0 Å². The van der Waals surface area contributed by atoms with Gasteiger partial charge in [0.1, 0.15) is 11.6 Å². The van der Waals surface area contributed by atoms with Crippen LogP contribution in [-0.2, 0) is 16.1 Å². The third-order valence-electron chi connectivity index (χ3n) is 3.05. The molecular weight excluding hydrogens is 268 g/mol. The minimum Gasteiger partial charge on any atom is -0.344 e. The van der Waals surface area contributed by atoms with E-state index >= 15 is 0 Å². The van der Waals surface area contributed by atoms with Gasteiger partial charge in [-0.2, -0.15) is 0 Å². The average molecular weight is 283 g/mol. The lowest BCUT2D eigenvalue weighted by Gasteiger charge is -2.26. The van der Waals surface area contributed by atoms with Gasteiger partial charge in [-0.25, -0.2) is 8.78 Å². The number of benzene rings is 1. The normalized spacial score (nSPS) is 15.0. The summed E-state index contributed by atoms with van der Waals surface area (Å²) < 4.78 is 26.1. The minimum atomic E-state index is -0.782. The van der Waals surface area contributed by atoms with Crippen molar-refractivity contribution >= 4 is 11.8 Å². The van der Waals surface area contributed by atoms with E-state index in [0.29, 0.717) is 26.2 Å². The molecule has 5 nitrogen and oxygen atoms in total. The Balaban J connectivity index is 1.89. The fraction of sp³-hybridized carbons (Fsp3) is 0.385. The first-order chi connectivity index (χ1) is 9.58. The molecule has 108 valence electrons. The third-order valence-corrected chi connectivity index (χ3v) is 3.05. The van der Waals surface area contributed by atoms with Crippen LogP contribution in [-0.4, -0.2) is 42.9 Å². The highest BCUT2D eigenvalue weighted by Gasteiger charge is 2.22. The minimum absolute atomic E-state index is 0.132. The Morgan fingerprint density at radius 2 is 1.95 bits per heavy atom. The van der Waals surface area contributed by atoms with E-state index in [1.54, 1.807) is 0 Å². The topological polar surface area (TPSA) is 61.4 Å². The van der Waals surface area contributed by atoms with Crippen LogP contribution in [0.3, 0.4) is 0 Å². The van der Waals surface area contributed by atoms with Gasteiger partial charge in [-0.05, 0) is 6.07 Å². The molecule has 2 amide bonds. The van der Waals surface area contributed by atoms with Gasteiger partial charge in [-0.3, -0.25) is 9.59 Å². The average Bonchev–Trinajstić information content (AvgIpc) is 2.46. The van der Waals surface area contributed by atoms with Crippen molar-refractivity contribution in [3.05, 3.63) is 35.4 Å². The van der Waals surface area contributed by atoms with Crippen LogP contribution in [0.5, 0.6) is 0 Å². The summed E-state index contributed by atoms with van der Waals surface area (Å²) in [6, 6.07) is 3.07. The van der Waals surface area contributed by atoms with E-state index in [-0.39, 0.29) is 12.1 Å². The first kappa shape index (κ1) is 14.4. The van der Waals surface area contributed by atoms with Crippen molar-refractivity contribution < 1.29 is 18.4 Å². The van der Waals surface area contributed by atoms with Crippen molar-refractivity contribution in [1.82, 2.24) is 15.5 Å². The van der Waals surface area contributed by atoms with Crippen molar-refractivity contribution in [2.75, 3.05) is 26.2 Å². The largest absolute Gasteiger partial charge is 0.344 e. The number of carbonyl (C=O) groups is 2. The molecule has 2 N–H and O–H groups in total. The summed E-state index contributed by atoms with van der Waals surface area (Å²) in [5.41, 5.74) is 0.132. The van der Waals surface area contributed by atoms with Crippen LogP contribution in [0, 0.1) is 11.6 Å². The number of amides is 2. The molecule has 0 aromatic heterocycles. The predicted octanol–water partition coefficient (Wildman–Crippen LogP) is 0.0128. The quantitative estimate of drug-likeness (QED) is 0.752. The lowest BCUT2D eigenvalue weighted by molar-refractivity contribution is -0.146. The van der Waals surface area contributed by atoms with Gasteiger partial charge in [0.2, 0.25) is 0 Å². The summed E-state index contributed by atoms with van der Waals surface area (Å²) in [4.78, 5) is 24.9. The van der Waals surface area contributed by atoms with Crippen LogP contribution in [0.25, 0.3) is 0 Å². The van der Waals surface area contributed by atoms with E-state index in [4.69, 9.17) is 0 Å². The smallest absolute Gasteiger partial charge is 0.311 e. The maximum absolute atomic E-state index is 13.4. The highest BCUT2D eigenvalue weighted by Crippen LogP contribution is 2.09. The highest BCUT2D eigenvalue weighted by molar-refractivity contribution is 6.34. The van der Waals surface area contributed by atoms with Crippen LogP contribution in [0.15, 0.2) is 18.2 Å². The first-order valence-electron chi connectivity index (χ1n) is 6.29. The second kappa shape index (κ2) is 6.42. The molecular formula is C13H15F2N3O2. The molecule has 2 rings (SSSR count). The van der Waals surface area contributed by atoms with Gasteiger partial charge in [0.25, 0.3) is 0 Å². The standard InChI is InChI=1S/C13H15F2N3O2/c14-10-2-1-9(11(15)7-10)8-17-12(19)13(20)18-5-3-16-4-6-18/h1-2,7,16H,3-6,8H2,(H,17,19). The first-order valence-corrected chi connectivity index (χ1v) is 6.29. The molecule has 1 aliphatic heterocycles. The number of piperazine rings is 1. The van der Waals surface area contributed by atoms with E-state index < -0.39 is 23.4 Å². The van der Waals surface area contributed by atoms with Crippen LogP contribution < -0.4 is 10.6 Å². The molecule has 20 heavy (non-hydrogen) atoms. The lowest BCUT2D eigenvalue weighted by Crippen LogP contribution is -2.51. The van der Waals surface area contributed by atoms with Gasteiger partial charge in [-0.15, -0.1) is 0 Å². The summed E-state index contributed by atoms with van der Waals surface area (Å²) in [6.45, 7) is 2.08. The zero-order chi connectivity index (χ0) is 14.5. The number of rotatable bonds is 2. The second-order valence-electron chi connectivity index (χ2n) is 4.46. The van der Waals surface area contributed by atoms with E-state index in [2.05, 4.69) is 10.6 Å². The zero-order valence-electron chi connectivity index (χ0n) is 10.8. The van der Waals surface area contributed by atoms with Crippen molar-refractivity contribution in [3.63, 3.8) is 0 Å². The summed E-state index contributed by atoms with van der Waals surface area (Å²) in [5.74, 6) is -2.85. The predicted molar refractivity (Wildman–Crippen MR) is 67.7 cm³/mol. The number of hydrogen-bond acceptors (Lipinski definition) is 3. The molecule has 1 aliphatic rings. The molecule has 1 aromatic rings. The molecule has 0 atom stereocenters. The molecule has 1 aromatic carbocycles. The summed E-state index contributed by atoms with van der Waals surface area (Å²) in [6.07, 6.45) is 0. The molecule has 1 saturated heterocycles. The number of halogens is 2. The van der Waals surface area contributed by atoms with E-state index in [1.807, 2.05) is 0 Å². The Bertz CT molecular complexity index is 516. The zero-order valence-corrected chi connectivity index (χ0v) is 10.8. The number of nitrogens with zero attached hydrogens (tertiary/aromatic N) is 1. The molecule has 0 bridgehead atoms. The molecule has 0 spiro atoms. The Morgan fingerprint density at radius 3 is 2.60 bits per heavy atom. The van der Waals surface area contributed by atoms with Gasteiger partial charge in [0.05, 0.1) is 0 Å². The van der Waals surface area contributed by atoms with Gasteiger partial charge < -0.3 is 15.5 Å². The van der Waals surface area contributed by atoms with Crippen molar-refractivity contribution in [3.8, 4) is 0 Å². The molecule has 0 unspecified atom stereocenters. The Hall–Kier alpha value is -2.02. The molecule has 0 radical (unpaired) electrons. The third kappa shape index (κ3) is 3.51. The molecule has 1 heterocycles. The Morgan fingerprint density at radius 1 is 1.25 bits per heavy atom. The summed E-state index contributed by atoms with van der Waals surface area (Å²) >= 11 is 0. The van der Waals surface area contributed by atoms with Crippen LogP contribution in [0.4, 0.5) is 8.78 Å². The van der Waals surface area contributed by atoms with Crippen molar-refractivity contribution in [2.24, 2.45) is 0 Å². The molecule has 7 heteroatoms. The van der Waals surface area contributed by atoms with Gasteiger partial charge >= 0.3 is 11.8 Å². The van der Waals surface area contributed by atoms with E-state index in [9.17, 15) is 18.4 Å². The molecule has 0 saturated carbocycles. The maximum Gasteiger partial charge on any atom is 0.311 e. The summed E-state index contributed by atoms with van der Waals surface area (Å²) in [5, 5.41) is 5.41. The molecule has 0 aliphatic carbocycles. The van der Waals surface area contributed by atoms with Gasteiger partial charge in [0, 0.05) is 44.4 Å². The summed E-state index contributed by atoms with van der Waals surface area (Å²) in [7, 11) is 0. The lowest BCUT2D eigenvalue weighted by atomic mass is 10.2. The maximum atomic E-state index is 13.4. The number of carbonyl (C=O) groups excluding carboxylic acids is 2. The second-order valence-corrected chi connectivity index (χ2v) is 4.46. The van der Waals surface area contributed by atoms with Gasteiger partial charge in [-0.1, -0.05) is 6.07 Å². The fourth-order valence-corrected chi connectivity index (χ4v) is 1.93. The number of nitrogens with one attached hydrogen (secondary N) is 2. The highest BCUT2D eigenvalue weighted by atomic mass is 19.1. The monoisotopic (exact) mass is 283 g/mol. The van der Waals surface area contributed by atoms with Gasteiger partial charge in [0.15, 0.2) is 0 Å². The van der Waals surface area contributed by atoms with Crippen LogP contribution in [0.2, 0.25) is 0 Å². The molecule has 1 fully saturated rings. The Labute approximate surface area is 114 Å². The van der Waals surface area contributed by atoms with E-state index in [1.165, 1.54) is 11.0 Å².